The minimum Gasteiger partial charge on any atom is -0.756 e. The van der Waals surface area contributed by atoms with Gasteiger partial charge in [0, 0.05) is 6.42 Å². The maximum Gasteiger partial charge on any atom is 0.268 e. The zero-order valence-electron chi connectivity index (χ0n) is 57.6. The van der Waals surface area contributed by atoms with Crippen molar-refractivity contribution >= 4 is 13.7 Å². The predicted octanol–water partition coefficient (Wildman–Crippen LogP) is 23.5. The van der Waals surface area contributed by atoms with E-state index >= 15 is 0 Å². The first kappa shape index (κ1) is 83.5. The SMILES string of the molecule is CCCCCCC/C=C\C/C=C\C/C=C\CCCCCCCCCCCCCCCCCCCCCCC(=O)NC(COP(=O)([O-])OCC[N+](C)(C)C)C(O)/C=C/CCCCCCCCCCCCCCCCCCCCCCCCCCCC. The number of phosphoric ester groups is 1. The van der Waals surface area contributed by atoms with Gasteiger partial charge in [0.05, 0.1) is 39.9 Å². The number of amides is 1. The molecule has 0 spiro atoms. The topological polar surface area (TPSA) is 108 Å². The van der Waals surface area contributed by atoms with Gasteiger partial charge in [0.25, 0.3) is 7.82 Å². The Bertz CT molecular complexity index is 1530. The number of aliphatic hydroxyl groups excluding tert-OH is 1. The molecule has 0 aliphatic carbocycles. The molecule has 3 atom stereocenters. The average molecular weight is 1220 g/mol. The zero-order valence-corrected chi connectivity index (χ0v) is 58.5. The van der Waals surface area contributed by atoms with Crippen LogP contribution in [-0.4, -0.2) is 68.5 Å². The van der Waals surface area contributed by atoms with Crippen molar-refractivity contribution in [1.82, 2.24) is 5.32 Å². The smallest absolute Gasteiger partial charge is 0.268 e. The summed E-state index contributed by atoms with van der Waals surface area (Å²) in [6.45, 7) is 4.70. The summed E-state index contributed by atoms with van der Waals surface area (Å²) in [4.78, 5) is 25.7. The van der Waals surface area contributed by atoms with Crippen LogP contribution in [0.15, 0.2) is 48.6 Å². The molecular weight excluding hydrogens is 1070 g/mol. The van der Waals surface area contributed by atoms with Gasteiger partial charge in [0.15, 0.2) is 0 Å². The van der Waals surface area contributed by atoms with E-state index in [1.807, 2.05) is 27.2 Å². The molecule has 0 saturated carbocycles. The summed E-state index contributed by atoms with van der Waals surface area (Å²) in [5, 5.41) is 14.0. The van der Waals surface area contributed by atoms with Gasteiger partial charge in [-0.15, -0.1) is 0 Å². The molecule has 8 nitrogen and oxygen atoms in total. The summed E-state index contributed by atoms with van der Waals surface area (Å²) < 4.78 is 23.5. The summed E-state index contributed by atoms with van der Waals surface area (Å²) in [5.74, 6) is -0.190. The lowest BCUT2D eigenvalue weighted by molar-refractivity contribution is -0.870. The third-order valence-electron chi connectivity index (χ3n) is 17.3. The third-order valence-corrected chi connectivity index (χ3v) is 18.2. The van der Waals surface area contributed by atoms with Crippen LogP contribution in [0.1, 0.15) is 380 Å². The maximum atomic E-state index is 13.1. The van der Waals surface area contributed by atoms with Crippen LogP contribution >= 0.6 is 7.82 Å². The van der Waals surface area contributed by atoms with E-state index in [9.17, 15) is 19.4 Å². The largest absolute Gasteiger partial charge is 0.756 e. The molecule has 0 bridgehead atoms. The Kier molecular flexibility index (Phi) is 65.7. The summed E-state index contributed by atoms with van der Waals surface area (Å²) in [6.07, 6.45) is 91.1. The molecule has 0 aromatic heterocycles. The minimum absolute atomic E-state index is 0.000557. The standard InChI is InChI=1S/C76H147N2O6P/c1-6-8-10-12-14-16-18-20-22-24-26-28-30-32-34-36-37-38-39-40-41-42-44-46-48-50-52-54-56-58-60-62-64-66-68-70-76(80)77-74(73-84-85(81,82)83-72-71-78(3,4)5)75(79)69-67-65-63-61-59-57-55-53-51-49-47-45-43-35-33-31-29-27-25-23-21-19-17-15-13-11-9-7-2/h18,20,24,26,30,32,67,69,74-75,79H,6-17,19,21-23,25,27-29,31,33-66,68,70-73H2,1-5H3,(H-,77,80,81,82)/b20-18-,26-24-,32-30-,69-67+. The second-order valence-electron chi connectivity index (χ2n) is 27.0. The Hall–Kier alpha value is -1.54. The van der Waals surface area contributed by atoms with Crippen LogP contribution in [0.25, 0.3) is 0 Å². The van der Waals surface area contributed by atoms with Crippen LogP contribution in [0.5, 0.6) is 0 Å². The van der Waals surface area contributed by atoms with Crippen LogP contribution in [-0.2, 0) is 18.4 Å². The van der Waals surface area contributed by atoms with E-state index in [1.54, 1.807) is 6.08 Å². The van der Waals surface area contributed by atoms with E-state index in [0.29, 0.717) is 17.4 Å². The zero-order chi connectivity index (χ0) is 61.9. The number of carbonyl (C=O) groups excluding carboxylic acids is 1. The molecule has 0 fully saturated rings. The molecule has 1 amide bonds. The molecule has 0 aliphatic heterocycles. The highest BCUT2D eigenvalue weighted by atomic mass is 31.2. The monoisotopic (exact) mass is 1220 g/mol. The summed E-state index contributed by atoms with van der Waals surface area (Å²) in [5.41, 5.74) is 0. The highest BCUT2D eigenvalue weighted by molar-refractivity contribution is 7.45. The third kappa shape index (κ3) is 69.8. The molecule has 502 valence electrons. The van der Waals surface area contributed by atoms with Crippen molar-refractivity contribution in [2.75, 3.05) is 40.9 Å². The fourth-order valence-corrected chi connectivity index (χ4v) is 12.2. The molecule has 2 N–H and O–H groups in total. The van der Waals surface area contributed by atoms with Crippen LogP contribution in [0, 0.1) is 0 Å². The number of nitrogens with zero attached hydrogens (tertiary/aromatic N) is 1. The van der Waals surface area contributed by atoms with Crippen LogP contribution in [0.3, 0.4) is 0 Å². The average Bonchev–Trinajstić information content (AvgIpc) is 3.48. The Morgan fingerprint density at radius 1 is 0.412 bits per heavy atom. The van der Waals surface area contributed by atoms with Gasteiger partial charge in [-0.3, -0.25) is 9.36 Å². The lowest BCUT2D eigenvalue weighted by atomic mass is 10.0. The molecule has 0 heterocycles. The van der Waals surface area contributed by atoms with E-state index in [0.717, 1.165) is 51.4 Å². The number of rotatable bonds is 70. The Labute approximate surface area is 530 Å². The van der Waals surface area contributed by atoms with Gasteiger partial charge in [-0.2, -0.15) is 0 Å². The van der Waals surface area contributed by atoms with E-state index in [4.69, 9.17) is 9.05 Å². The number of phosphoric acid groups is 1. The highest BCUT2D eigenvalue weighted by Crippen LogP contribution is 2.38. The highest BCUT2D eigenvalue weighted by Gasteiger charge is 2.23. The van der Waals surface area contributed by atoms with Crippen LogP contribution < -0.4 is 10.2 Å². The predicted molar refractivity (Wildman–Crippen MR) is 371 cm³/mol. The maximum absolute atomic E-state index is 13.1. The van der Waals surface area contributed by atoms with Gasteiger partial charge in [-0.1, -0.05) is 364 Å². The molecule has 9 heteroatoms. The molecule has 0 aromatic carbocycles. The molecule has 0 aromatic rings. The van der Waals surface area contributed by atoms with Crippen molar-refractivity contribution in [2.45, 2.75) is 392 Å². The molecule has 0 rings (SSSR count). The Balaban J connectivity index is 4.00. The first-order valence-electron chi connectivity index (χ1n) is 37.5. The molecule has 3 unspecified atom stereocenters. The van der Waals surface area contributed by atoms with Crippen molar-refractivity contribution in [3.8, 4) is 0 Å². The van der Waals surface area contributed by atoms with Crippen molar-refractivity contribution in [2.24, 2.45) is 0 Å². The minimum atomic E-state index is -4.61. The summed E-state index contributed by atoms with van der Waals surface area (Å²) in [6, 6.07) is -0.888. The Morgan fingerprint density at radius 3 is 0.988 bits per heavy atom. The van der Waals surface area contributed by atoms with Gasteiger partial charge in [-0.05, 0) is 57.8 Å². The number of unbranched alkanes of at least 4 members (excludes halogenated alkanes) is 51. The molecule has 0 radical (unpaired) electrons. The van der Waals surface area contributed by atoms with Crippen molar-refractivity contribution in [3.05, 3.63) is 48.6 Å². The van der Waals surface area contributed by atoms with E-state index in [1.165, 1.54) is 308 Å². The number of nitrogens with one attached hydrogen (secondary N) is 1. The second kappa shape index (κ2) is 66.9. The second-order valence-corrected chi connectivity index (χ2v) is 28.4. The normalized spacial score (nSPS) is 13.8. The molecule has 0 saturated heterocycles. The van der Waals surface area contributed by atoms with E-state index < -0.39 is 20.0 Å². The van der Waals surface area contributed by atoms with Crippen LogP contribution in [0.2, 0.25) is 0 Å². The van der Waals surface area contributed by atoms with Crippen LogP contribution in [0.4, 0.5) is 0 Å². The lowest BCUT2D eigenvalue weighted by Gasteiger charge is -2.29. The Morgan fingerprint density at radius 2 is 0.682 bits per heavy atom. The fourth-order valence-electron chi connectivity index (χ4n) is 11.5. The van der Waals surface area contributed by atoms with E-state index in [-0.39, 0.29) is 19.1 Å². The van der Waals surface area contributed by atoms with Gasteiger partial charge in [0.1, 0.15) is 13.2 Å². The number of aliphatic hydroxyl groups is 1. The lowest BCUT2D eigenvalue weighted by Crippen LogP contribution is -2.45. The summed E-state index contributed by atoms with van der Waals surface area (Å²) >= 11 is 0. The molecule has 85 heavy (non-hydrogen) atoms. The van der Waals surface area contributed by atoms with Crippen molar-refractivity contribution in [1.29, 1.82) is 0 Å². The van der Waals surface area contributed by atoms with Gasteiger partial charge in [-0.25, -0.2) is 0 Å². The van der Waals surface area contributed by atoms with Crippen molar-refractivity contribution in [3.63, 3.8) is 0 Å². The van der Waals surface area contributed by atoms with Gasteiger partial charge < -0.3 is 28.8 Å². The fraction of sp³-hybridized carbons (Fsp3) is 0.882. The van der Waals surface area contributed by atoms with E-state index in [2.05, 4.69) is 55.6 Å². The molecular formula is C76H147N2O6P. The number of allylic oxidation sites excluding steroid dienone is 7. The number of likely N-dealkylation sites (N-methyl/N-ethyl adjacent to an activating group) is 1. The van der Waals surface area contributed by atoms with Gasteiger partial charge >= 0.3 is 0 Å². The summed E-state index contributed by atoms with van der Waals surface area (Å²) in [7, 11) is 1.28. The first-order chi connectivity index (χ1) is 41.5. The number of quaternary nitrogens is 1. The number of carbonyl (C=O) groups is 1. The number of hydrogen-bond acceptors (Lipinski definition) is 6. The van der Waals surface area contributed by atoms with Crippen molar-refractivity contribution < 1.29 is 32.9 Å². The first-order valence-corrected chi connectivity index (χ1v) is 39.0. The van der Waals surface area contributed by atoms with Gasteiger partial charge in [0.2, 0.25) is 5.91 Å². The number of hydrogen-bond donors (Lipinski definition) is 2. The quantitative estimate of drug-likeness (QED) is 0.0272. The molecule has 0 aliphatic rings.